The fourth-order valence-corrected chi connectivity index (χ4v) is 2.38. The molecule has 7 nitrogen and oxygen atoms in total. The van der Waals surface area contributed by atoms with Gasteiger partial charge in [0.25, 0.3) is 5.91 Å². The van der Waals surface area contributed by atoms with Gasteiger partial charge in [-0.1, -0.05) is 18.2 Å². The van der Waals surface area contributed by atoms with Gasteiger partial charge in [0.1, 0.15) is 11.6 Å². The quantitative estimate of drug-likeness (QED) is 0.677. The van der Waals surface area contributed by atoms with Crippen LogP contribution in [-0.4, -0.2) is 50.6 Å². The van der Waals surface area contributed by atoms with Crippen molar-refractivity contribution in [3.05, 3.63) is 65.0 Å². The summed E-state index contributed by atoms with van der Waals surface area (Å²) in [5, 5.41) is 0. The van der Waals surface area contributed by atoms with Crippen molar-refractivity contribution in [2.24, 2.45) is 0 Å². The minimum absolute atomic E-state index is 0.0739. The average Bonchev–Trinajstić information content (AvgIpc) is 2.71. The van der Waals surface area contributed by atoms with Crippen molar-refractivity contribution in [3.63, 3.8) is 0 Å². The van der Waals surface area contributed by atoms with Crippen LogP contribution in [0.2, 0.25) is 0 Å². The van der Waals surface area contributed by atoms with Crippen LogP contribution < -0.4 is 4.74 Å². The van der Waals surface area contributed by atoms with E-state index in [-0.39, 0.29) is 30.0 Å². The lowest BCUT2D eigenvalue weighted by Crippen LogP contribution is -2.31. The summed E-state index contributed by atoms with van der Waals surface area (Å²) >= 11 is 0. The minimum Gasteiger partial charge on any atom is -0.484 e. The fraction of sp³-hybridized carbons (Fsp3) is 0.250. The van der Waals surface area contributed by atoms with E-state index >= 15 is 0 Å². The smallest absolute Gasteiger partial charge is 0.338 e. The summed E-state index contributed by atoms with van der Waals surface area (Å²) in [5.41, 5.74) is 0.527. The normalized spacial score (nSPS) is 10.1. The first-order valence-electron chi connectivity index (χ1n) is 8.27. The zero-order chi connectivity index (χ0) is 20.7. The molecule has 2 aromatic carbocycles. The molecular weight excluding hydrogens is 369 g/mol. The Labute approximate surface area is 161 Å². The predicted octanol–water partition coefficient (Wildman–Crippen LogP) is 2.44. The van der Waals surface area contributed by atoms with E-state index in [0.29, 0.717) is 5.56 Å². The Balaban J connectivity index is 2.09. The molecule has 0 heterocycles. The van der Waals surface area contributed by atoms with E-state index < -0.39 is 23.7 Å². The van der Waals surface area contributed by atoms with Crippen molar-refractivity contribution in [1.82, 2.24) is 4.90 Å². The van der Waals surface area contributed by atoms with Gasteiger partial charge in [0.15, 0.2) is 6.61 Å². The summed E-state index contributed by atoms with van der Waals surface area (Å²) in [6.07, 6.45) is 0. The van der Waals surface area contributed by atoms with Crippen LogP contribution in [0.3, 0.4) is 0 Å². The lowest BCUT2D eigenvalue weighted by atomic mass is 10.1. The predicted molar refractivity (Wildman–Crippen MR) is 97.5 cm³/mol. The number of esters is 2. The number of hydrogen-bond donors (Lipinski definition) is 0. The lowest BCUT2D eigenvalue weighted by Gasteiger charge is -2.18. The lowest BCUT2D eigenvalue weighted by molar-refractivity contribution is -0.132. The molecule has 0 N–H and O–H groups in total. The standard InChI is InChI=1S/C20H20FNO6/c1-22(11-13-6-4-5-7-17(13)21)18(23)12-28-16-9-14(19(24)26-2)8-15(10-16)20(25)27-3/h4-10H,11-12H2,1-3H3. The van der Waals surface area contributed by atoms with Gasteiger partial charge in [-0.15, -0.1) is 0 Å². The number of halogens is 1. The van der Waals surface area contributed by atoms with Crippen molar-refractivity contribution < 1.29 is 33.0 Å². The highest BCUT2D eigenvalue weighted by Crippen LogP contribution is 2.19. The molecule has 1 amide bonds. The number of carbonyl (C=O) groups is 3. The topological polar surface area (TPSA) is 82.1 Å². The van der Waals surface area contributed by atoms with Crippen LogP contribution in [0.4, 0.5) is 4.39 Å². The van der Waals surface area contributed by atoms with Crippen LogP contribution in [0.5, 0.6) is 5.75 Å². The maximum Gasteiger partial charge on any atom is 0.338 e. The Morgan fingerprint density at radius 1 is 0.964 bits per heavy atom. The molecule has 0 atom stereocenters. The first kappa shape index (κ1) is 20.9. The second kappa shape index (κ2) is 9.50. The second-order valence-electron chi connectivity index (χ2n) is 5.86. The molecule has 2 rings (SSSR count). The van der Waals surface area contributed by atoms with E-state index in [1.165, 1.54) is 50.4 Å². The van der Waals surface area contributed by atoms with E-state index in [1.807, 2.05) is 0 Å². The van der Waals surface area contributed by atoms with E-state index in [9.17, 15) is 18.8 Å². The van der Waals surface area contributed by atoms with Crippen molar-refractivity contribution in [3.8, 4) is 5.75 Å². The van der Waals surface area contributed by atoms with Gasteiger partial charge in [0.05, 0.1) is 25.3 Å². The van der Waals surface area contributed by atoms with Crippen LogP contribution in [0, 0.1) is 5.82 Å². The third-order valence-electron chi connectivity index (χ3n) is 3.90. The van der Waals surface area contributed by atoms with Gasteiger partial charge in [0, 0.05) is 19.2 Å². The number of hydrogen-bond acceptors (Lipinski definition) is 6. The molecule has 0 saturated heterocycles. The SMILES string of the molecule is COC(=O)c1cc(OCC(=O)N(C)Cc2ccccc2F)cc(C(=O)OC)c1. The van der Waals surface area contributed by atoms with Crippen molar-refractivity contribution in [1.29, 1.82) is 0 Å². The van der Waals surface area contributed by atoms with E-state index in [2.05, 4.69) is 9.47 Å². The Morgan fingerprint density at radius 2 is 1.54 bits per heavy atom. The molecule has 8 heteroatoms. The first-order chi connectivity index (χ1) is 13.3. The largest absolute Gasteiger partial charge is 0.484 e. The summed E-state index contributed by atoms with van der Waals surface area (Å²) in [5.74, 6) is -2.03. The number of rotatable bonds is 7. The molecule has 148 valence electrons. The van der Waals surface area contributed by atoms with Crippen LogP contribution in [0.15, 0.2) is 42.5 Å². The molecular formula is C20H20FNO6. The van der Waals surface area contributed by atoms with Crippen molar-refractivity contribution in [2.45, 2.75) is 6.54 Å². The number of likely N-dealkylation sites (N-methyl/N-ethyl adjacent to an activating group) is 1. The van der Waals surface area contributed by atoms with Gasteiger partial charge in [-0.05, 0) is 24.3 Å². The van der Waals surface area contributed by atoms with Gasteiger partial charge >= 0.3 is 11.9 Å². The number of methoxy groups -OCH3 is 2. The average molecular weight is 389 g/mol. The third kappa shape index (κ3) is 5.29. The Hall–Kier alpha value is -3.42. The second-order valence-corrected chi connectivity index (χ2v) is 5.86. The first-order valence-corrected chi connectivity index (χ1v) is 8.27. The molecule has 0 saturated carbocycles. The maximum absolute atomic E-state index is 13.7. The number of ether oxygens (including phenoxy) is 3. The van der Waals surface area contributed by atoms with Gasteiger partial charge < -0.3 is 19.1 Å². The molecule has 2 aromatic rings. The van der Waals surface area contributed by atoms with E-state index in [4.69, 9.17) is 4.74 Å². The molecule has 0 spiro atoms. The fourth-order valence-electron chi connectivity index (χ4n) is 2.38. The number of amides is 1. The Bertz CT molecular complexity index is 848. The molecule has 0 aliphatic heterocycles. The third-order valence-corrected chi connectivity index (χ3v) is 3.90. The zero-order valence-corrected chi connectivity index (χ0v) is 15.7. The highest BCUT2D eigenvalue weighted by Gasteiger charge is 2.16. The van der Waals surface area contributed by atoms with Crippen LogP contribution >= 0.6 is 0 Å². The van der Waals surface area contributed by atoms with Crippen LogP contribution in [-0.2, 0) is 20.8 Å². The minimum atomic E-state index is -0.668. The van der Waals surface area contributed by atoms with Gasteiger partial charge in [-0.25, -0.2) is 14.0 Å². The highest BCUT2D eigenvalue weighted by molar-refractivity contribution is 5.96. The van der Waals surface area contributed by atoms with E-state index in [0.717, 1.165) is 0 Å². The summed E-state index contributed by atoms with van der Waals surface area (Å²) in [6, 6.07) is 10.2. The number of carbonyl (C=O) groups excluding carboxylic acids is 3. The molecule has 0 bridgehead atoms. The molecule has 0 unspecified atom stereocenters. The summed E-state index contributed by atoms with van der Waals surface area (Å²) < 4.78 is 28.4. The summed E-state index contributed by atoms with van der Waals surface area (Å²) in [6.45, 7) is -0.291. The Morgan fingerprint density at radius 3 is 2.07 bits per heavy atom. The summed E-state index contributed by atoms with van der Waals surface area (Å²) in [7, 11) is 3.92. The van der Waals surface area contributed by atoms with E-state index in [1.54, 1.807) is 18.2 Å². The molecule has 0 radical (unpaired) electrons. The van der Waals surface area contributed by atoms with Crippen molar-refractivity contribution >= 4 is 17.8 Å². The van der Waals surface area contributed by atoms with Crippen molar-refractivity contribution in [2.75, 3.05) is 27.9 Å². The molecule has 28 heavy (non-hydrogen) atoms. The zero-order valence-electron chi connectivity index (χ0n) is 15.7. The molecule has 0 aliphatic carbocycles. The van der Waals surface area contributed by atoms with Gasteiger partial charge in [-0.2, -0.15) is 0 Å². The Kier molecular flexibility index (Phi) is 7.08. The van der Waals surface area contributed by atoms with Gasteiger partial charge in [0.2, 0.25) is 0 Å². The highest BCUT2D eigenvalue weighted by atomic mass is 19.1. The van der Waals surface area contributed by atoms with Crippen LogP contribution in [0.1, 0.15) is 26.3 Å². The van der Waals surface area contributed by atoms with Crippen LogP contribution in [0.25, 0.3) is 0 Å². The molecule has 0 aromatic heterocycles. The summed E-state index contributed by atoms with van der Waals surface area (Å²) in [4.78, 5) is 37.1. The van der Waals surface area contributed by atoms with Gasteiger partial charge in [-0.3, -0.25) is 4.79 Å². The molecule has 0 aliphatic rings. The monoisotopic (exact) mass is 389 g/mol. The number of benzene rings is 2. The number of nitrogens with zero attached hydrogens (tertiary/aromatic N) is 1. The molecule has 0 fully saturated rings. The maximum atomic E-state index is 13.7.